The number of aromatic nitrogens is 2. The van der Waals surface area contributed by atoms with Crippen LogP contribution in [0.1, 0.15) is 18.2 Å². The van der Waals surface area contributed by atoms with Gasteiger partial charge >= 0.3 is 0 Å². The lowest BCUT2D eigenvalue weighted by Gasteiger charge is -2.05. The molecule has 16 heavy (non-hydrogen) atoms. The third kappa shape index (κ3) is 2.29. The van der Waals surface area contributed by atoms with E-state index in [1.165, 1.54) is 0 Å². The fourth-order valence-electron chi connectivity index (χ4n) is 1.58. The minimum Gasteiger partial charge on any atom is -0.396 e. The number of hydrogen-bond acceptors (Lipinski definition) is 3. The lowest BCUT2D eigenvalue weighted by molar-refractivity contribution is 0.275. The molecule has 2 aromatic rings. The molecule has 1 aromatic carbocycles. The molecule has 0 aliphatic heterocycles. The van der Waals surface area contributed by atoms with E-state index < -0.39 is 0 Å². The number of nitrogens with two attached hydrogens (primary N) is 1. The van der Waals surface area contributed by atoms with Crippen molar-refractivity contribution in [1.82, 2.24) is 10.2 Å². The van der Waals surface area contributed by atoms with Gasteiger partial charge in [0.15, 0.2) is 0 Å². The minimum absolute atomic E-state index is 0.0842. The predicted molar refractivity (Wildman–Crippen MR) is 62.7 cm³/mol. The molecule has 0 aliphatic rings. The predicted octanol–water partition coefficient (Wildman–Crippen LogP) is 1.46. The maximum Gasteiger partial charge on any atom is 0.0924 e. The van der Waals surface area contributed by atoms with E-state index in [0.717, 1.165) is 17.0 Å². The van der Waals surface area contributed by atoms with Gasteiger partial charge in [0.25, 0.3) is 0 Å². The zero-order valence-electron chi connectivity index (χ0n) is 8.93. The third-order valence-corrected chi connectivity index (χ3v) is 2.51. The van der Waals surface area contributed by atoms with Crippen LogP contribution in [0.5, 0.6) is 0 Å². The van der Waals surface area contributed by atoms with Crippen molar-refractivity contribution in [1.29, 1.82) is 0 Å². The molecule has 1 unspecified atom stereocenters. The standard InChI is InChI=1S/C12H15N3O/c13-10(6-7-16)12-8-11(14-15-12)9-4-2-1-3-5-9/h1-5,8,10,16H,6-7,13H2,(H,14,15). The molecule has 2 rings (SSSR count). The Hall–Kier alpha value is -1.65. The van der Waals surface area contributed by atoms with Crippen LogP contribution in [0, 0.1) is 0 Å². The van der Waals surface area contributed by atoms with Gasteiger partial charge < -0.3 is 10.8 Å². The van der Waals surface area contributed by atoms with Crippen molar-refractivity contribution in [2.24, 2.45) is 5.73 Å². The van der Waals surface area contributed by atoms with Gasteiger partial charge in [-0.05, 0) is 12.5 Å². The quantitative estimate of drug-likeness (QED) is 0.725. The first-order valence-corrected chi connectivity index (χ1v) is 5.28. The Kier molecular flexibility index (Phi) is 3.34. The van der Waals surface area contributed by atoms with Crippen molar-refractivity contribution in [2.45, 2.75) is 12.5 Å². The number of nitrogens with one attached hydrogen (secondary N) is 1. The Labute approximate surface area is 94.1 Å². The van der Waals surface area contributed by atoms with Crippen LogP contribution in [0.25, 0.3) is 11.3 Å². The Morgan fingerprint density at radius 2 is 2.06 bits per heavy atom. The second kappa shape index (κ2) is 4.92. The number of hydrogen-bond donors (Lipinski definition) is 3. The number of rotatable bonds is 4. The molecule has 4 nitrogen and oxygen atoms in total. The van der Waals surface area contributed by atoms with Crippen molar-refractivity contribution < 1.29 is 5.11 Å². The molecule has 0 fully saturated rings. The van der Waals surface area contributed by atoms with Crippen LogP contribution in [0.2, 0.25) is 0 Å². The van der Waals surface area contributed by atoms with Gasteiger partial charge in [0.2, 0.25) is 0 Å². The molecule has 0 saturated carbocycles. The van der Waals surface area contributed by atoms with E-state index in [0.29, 0.717) is 6.42 Å². The van der Waals surface area contributed by atoms with Gasteiger partial charge in [-0.2, -0.15) is 5.10 Å². The summed E-state index contributed by atoms with van der Waals surface area (Å²) in [5.74, 6) is 0. The second-order valence-corrected chi connectivity index (χ2v) is 3.69. The summed E-state index contributed by atoms with van der Waals surface area (Å²) in [5.41, 5.74) is 8.66. The highest BCUT2D eigenvalue weighted by Crippen LogP contribution is 2.20. The van der Waals surface area contributed by atoms with Gasteiger partial charge in [-0.15, -0.1) is 0 Å². The van der Waals surface area contributed by atoms with Crippen LogP contribution in [0.3, 0.4) is 0 Å². The van der Waals surface area contributed by atoms with E-state index in [-0.39, 0.29) is 12.6 Å². The van der Waals surface area contributed by atoms with E-state index in [9.17, 15) is 0 Å². The topological polar surface area (TPSA) is 74.9 Å². The van der Waals surface area contributed by atoms with E-state index in [1.807, 2.05) is 36.4 Å². The molecule has 4 heteroatoms. The van der Waals surface area contributed by atoms with E-state index in [4.69, 9.17) is 10.8 Å². The normalized spacial score (nSPS) is 12.6. The van der Waals surface area contributed by atoms with Crippen LogP contribution in [0.15, 0.2) is 36.4 Å². The molecule has 1 atom stereocenters. The van der Waals surface area contributed by atoms with Crippen molar-refractivity contribution in [2.75, 3.05) is 6.61 Å². The van der Waals surface area contributed by atoms with E-state index in [2.05, 4.69) is 10.2 Å². The molecule has 4 N–H and O–H groups in total. The van der Waals surface area contributed by atoms with Gasteiger partial charge in [-0.25, -0.2) is 0 Å². The van der Waals surface area contributed by atoms with Crippen molar-refractivity contribution >= 4 is 0 Å². The Morgan fingerprint density at radius 1 is 1.31 bits per heavy atom. The molecular formula is C12H15N3O. The smallest absolute Gasteiger partial charge is 0.0924 e. The number of nitrogens with zero attached hydrogens (tertiary/aromatic N) is 1. The molecule has 0 aliphatic carbocycles. The van der Waals surface area contributed by atoms with Crippen LogP contribution >= 0.6 is 0 Å². The van der Waals surface area contributed by atoms with Gasteiger partial charge in [-0.3, -0.25) is 5.10 Å². The van der Waals surface area contributed by atoms with Crippen molar-refractivity contribution in [3.8, 4) is 11.3 Å². The zero-order chi connectivity index (χ0) is 11.4. The fraction of sp³-hybridized carbons (Fsp3) is 0.250. The first-order valence-electron chi connectivity index (χ1n) is 5.28. The van der Waals surface area contributed by atoms with Gasteiger partial charge in [-0.1, -0.05) is 30.3 Å². The summed E-state index contributed by atoms with van der Waals surface area (Å²) in [7, 11) is 0. The molecule has 0 amide bonds. The first-order chi connectivity index (χ1) is 7.81. The molecule has 1 heterocycles. The Morgan fingerprint density at radius 3 is 2.75 bits per heavy atom. The highest BCUT2D eigenvalue weighted by atomic mass is 16.3. The van der Waals surface area contributed by atoms with Crippen LogP contribution < -0.4 is 5.73 Å². The number of aliphatic hydroxyl groups excluding tert-OH is 1. The maximum atomic E-state index is 8.81. The summed E-state index contributed by atoms with van der Waals surface area (Å²) in [5, 5.41) is 15.9. The summed E-state index contributed by atoms with van der Waals surface area (Å²) in [6, 6.07) is 11.6. The zero-order valence-corrected chi connectivity index (χ0v) is 8.93. The average molecular weight is 217 g/mol. The van der Waals surface area contributed by atoms with Crippen LogP contribution in [-0.4, -0.2) is 21.9 Å². The maximum absolute atomic E-state index is 8.81. The van der Waals surface area contributed by atoms with Crippen LogP contribution in [0.4, 0.5) is 0 Å². The van der Waals surface area contributed by atoms with Crippen LogP contribution in [-0.2, 0) is 0 Å². The highest BCUT2D eigenvalue weighted by Gasteiger charge is 2.09. The lowest BCUT2D eigenvalue weighted by atomic mass is 10.1. The largest absolute Gasteiger partial charge is 0.396 e. The van der Waals surface area contributed by atoms with Crippen molar-refractivity contribution in [3.05, 3.63) is 42.1 Å². The minimum atomic E-state index is -0.185. The Balaban J connectivity index is 2.20. The summed E-state index contributed by atoms with van der Waals surface area (Å²) in [6.45, 7) is 0.0842. The molecule has 0 radical (unpaired) electrons. The molecule has 0 bridgehead atoms. The Bertz CT molecular complexity index is 439. The van der Waals surface area contributed by atoms with Gasteiger partial charge in [0, 0.05) is 18.2 Å². The summed E-state index contributed by atoms with van der Waals surface area (Å²) < 4.78 is 0. The van der Waals surface area contributed by atoms with Crippen molar-refractivity contribution in [3.63, 3.8) is 0 Å². The summed E-state index contributed by atoms with van der Waals surface area (Å²) in [6.07, 6.45) is 0.538. The molecule has 84 valence electrons. The first kappa shape index (κ1) is 10.9. The van der Waals surface area contributed by atoms with E-state index in [1.54, 1.807) is 0 Å². The van der Waals surface area contributed by atoms with Gasteiger partial charge in [0.05, 0.1) is 11.4 Å². The van der Waals surface area contributed by atoms with E-state index >= 15 is 0 Å². The van der Waals surface area contributed by atoms with Gasteiger partial charge in [0.1, 0.15) is 0 Å². The molecule has 1 aromatic heterocycles. The third-order valence-electron chi connectivity index (χ3n) is 2.51. The highest BCUT2D eigenvalue weighted by molar-refractivity contribution is 5.59. The summed E-state index contributed by atoms with van der Waals surface area (Å²) >= 11 is 0. The number of H-pyrrole nitrogens is 1. The molecule has 0 spiro atoms. The molecule has 0 saturated heterocycles. The number of aromatic amines is 1. The SMILES string of the molecule is NC(CCO)c1cc(-c2ccccc2)n[nH]1. The summed E-state index contributed by atoms with van der Waals surface area (Å²) in [4.78, 5) is 0. The second-order valence-electron chi connectivity index (χ2n) is 3.69. The fourth-order valence-corrected chi connectivity index (χ4v) is 1.58. The number of aliphatic hydroxyl groups is 1. The lowest BCUT2D eigenvalue weighted by Crippen LogP contribution is -2.12. The monoisotopic (exact) mass is 217 g/mol. The number of benzene rings is 1. The molecular weight excluding hydrogens is 202 g/mol. The average Bonchev–Trinajstić information content (AvgIpc) is 2.80.